The van der Waals surface area contributed by atoms with E-state index in [2.05, 4.69) is 10.3 Å². The second-order valence-electron chi connectivity index (χ2n) is 8.17. The third kappa shape index (κ3) is 5.28. The molecule has 3 N–H and O–H groups in total. The van der Waals surface area contributed by atoms with Gasteiger partial charge in [0.25, 0.3) is 11.1 Å². The molecular formula is C22H23F3N4O5. The van der Waals surface area contributed by atoms with Gasteiger partial charge in [-0.05, 0) is 17.5 Å². The van der Waals surface area contributed by atoms with Crippen molar-refractivity contribution in [2.24, 2.45) is 5.92 Å². The van der Waals surface area contributed by atoms with Crippen LogP contribution < -0.4 is 22.1 Å². The molecule has 2 aromatic heterocycles. The zero-order chi connectivity index (χ0) is 25.2. The molecule has 1 amide bonds. The molecule has 9 nitrogen and oxygen atoms in total. The van der Waals surface area contributed by atoms with Crippen molar-refractivity contribution in [1.82, 2.24) is 19.4 Å². The van der Waals surface area contributed by atoms with E-state index in [0.717, 1.165) is 15.3 Å². The molecule has 0 saturated carbocycles. The van der Waals surface area contributed by atoms with Crippen LogP contribution in [0, 0.1) is 5.92 Å². The van der Waals surface area contributed by atoms with Crippen LogP contribution in [-0.2, 0) is 17.9 Å². The lowest BCUT2D eigenvalue weighted by Gasteiger charge is -2.28. The molecule has 0 fully saturated rings. The molecule has 0 spiro atoms. The fraction of sp³-hybridized carbons (Fsp3) is 0.364. The van der Waals surface area contributed by atoms with Gasteiger partial charge in [0.05, 0.1) is 18.0 Å². The number of carbonyl (C=O) groups is 1. The maximum Gasteiger partial charge on any atom is 0.416 e. The largest absolute Gasteiger partial charge is 0.416 e. The van der Waals surface area contributed by atoms with E-state index in [9.17, 15) is 37.5 Å². The Morgan fingerprint density at radius 2 is 1.74 bits per heavy atom. The first-order valence-electron chi connectivity index (χ1n) is 10.3. The number of aromatic nitrogens is 3. The van der Waals surface area contributed by atoms with E-state index in [0.29, 0.717) is 5.56 Å². The SMILES string of the molecule is CC(C)C(NC(=O)Cn1ccc2c(=O)n(Cc3ccccc3)c(=O)[nH]c2c1=O)C(O)C(F)(F)F. The van der Waals surface area contributed by atoms with Crippen LogP contribution >= 0.6 is 0 Å². The summed E-state index contributed by atoms with van der Waals surface area (Å²) in [6.45, 7) is 2.09. The number of amides is 1. The molecule has 3 rings (SSSR count). The molecule has 0 aliphatic rings. The van der Waals surface area contributed by atoms with Crippen LogP contribution in [0.15, 0.2) is 57.0 Å². The highest BCUT2D eigenvalue weighted by Gasteiger charge is 2.45. The lowest BCUT2D eigenvalue weighted by Crippen LogP contribution is -2.53. The second-order valence-corrected chi connectivity index (χ2v) is 8.17. The van der Waals surface area contributed by atoms with E-state index in [1.165, 1.54) is 19.9 Å². The number of alkyl halides is 3. The number of rotatable bonds is 7. The molecule has 2 unspecified atom stereocenters. The summed E-state index contributed by atoms with van der Waals surface area (Å²) in [6, 6.07) is 8.35. The normalized spacial score (nSPS) is 13.7. The number of hydrogen-bond donors (Lipinski definition) is 3. The minimum absolute atomic E-state index is 0.0193. The van der Waals surface area contributed by atoms with Crippen molar-refractivity contribution in [2.75, 3.05) is 0 Å². The smallest absolute Gasteiger partial charge is 0.382 e. The standard InChI is InChI=1S/C22H23F3N4O5/c1-12(2)16(18(31)22(23,24)25)26-15(30)11-28-9-8-14-17(20(28)33)27-21(34)29(19(14)32)10-13-6-4-3-5-7-13/h3-9,12,16,18,31H,10-11H2,1-2H3,(H,26,30)(H,27,34). The number of benzene rings is 1. The Hall–Kier alpha value is -3.67. The average molecular weight is 480 g/mol. The van der Waals surface area contributed by atoms with Crippen LogP contribution in [0.25, 0.3) is 10.9 Å². The molecule has 2 atom stereocenters. The van der Waals surface area contributed by atoms with Crippen LogP contribution in [0.1, 0.15) is 19.4 Å². The van der Waals surface area contributed by atoms with Gasteiger partial charge in [0.1, 0.15) is 12.1 Å². The van der Waals surface area contributed by atoms with Crippen LogP contribution in [0.3, 0.4) is 0 Å². The van der Waals surface area contributed by atoms with Gasteiger partial charge in [-0.25, -0.2) is 4.79 Å². The summed E-state index contributed by atoms with van der Waals surface area (Å²) in [4.78, 5) is 52.8. The first-order chi connectivity index (χ1) is 15.9. The van der Waals surface area contributed by atoms with Gasteiger partial charge in [-0.2, -0.15) is 13.2 Å². The molecular weight excluding hydrogens is 457 g/mol. The summed E-state index contributed by atoms with van der Waals surface area (Å²) in [5, 5.41) is 11.6. The molecule has 12 heteroatoms. The summed E-state index contributed by atoms with van der Waals surface area (Å²) < 4.78 is 40.5. The molecule has 34 heavy (non-hydrogen) atoms. The first kappa shape index (κ1) is 25.0. The fourth-order valence-electron chi connectivity index (χ4n) is 3.52. The lowest BCUT2D eigenvalue weighted by atomic mass is 9.98. The number of aliphatic hydroxyl groups is 1. The quantitative estimate of drug-likeness (QED) is 0.465. The van der Waals surface area contributed by atoms with Gasteiger partial charge in [-0.15, -0.1) is 0 Å². The number of nitrogens with zero attached hydrogens (tertiary/aromatic N) is 2. The Labute approximate surface area is 190 Å². The van der Waals surface area contributed by atoms with Crippen LogP contribution in [0.2, 0.25) is 0 Å². The van der Waals surface area contributed by atoms with Gasteiger partial charge in [0.15, 0.2) is 6.10 Å². The second kappa shape index (κ2) is 9.67. The predicted molar refractivity (Wildman–Crippen MR) is 117 cm³/mol. The number of halogens is 3. The molecule has 182 valence electrons. The molecule has 2 heterocycles. The molecule has 3 aromatic rings. The van der Waals surface area contributed by atoms with Gasteiger partial charge in [-0.3, -0.25) is 19.0 Å². The first-order valence-corrected chi connectivity index (χ1v) is 10.3. The Bertz CT molecular complexity index is 1360. The molecule has 0 aliphatic heterocycles. The van der Waals surface area contributed by atoms with Gasteiger partial charge >= 0.3 is 11.9 Å². The highest BCUT2D eigenvalue weighted by atomic mass is 19.4. The summed E-state index contributed by atoms with van der Waals surface area (Å²) in [7, 11) is 0. The van der Waals surface area contributed by atoms with E-state index in [4.69, 9.17) is 0 Å². The van der Waals surface area contributed by atoms with Crippen molar-refractivity contribution in [3.8, 4) is 0 Å². The van der Waals surface area contributed by atoms with Crippen LogP contribution in [0.4, 0.5) is 13.2 Å². The van der Waals surface area contributed by atoms with Gasteiger partial charge < -0.3 is 20.0 Å². The van der Waals surface area contributed by atoms with Crippen LogP contribution in [0.5, 0.6) is 0 Å². The number of H-pyrrole nitrogens is 1. The number of hydrogen-bond acceptors (Lipinski definition) is 5. The Morgan fingerprint density at radius 1 is 1.09 bits per heavy atom. The van der Waals surface area contributed by atoms with Gasteiger partial charge in [0, 0.05) is 6.20 Å². The average Bonchev–Trinajstić information content (AvgIpc) is 2.76. The van der Waals surface area contributed by atoms with Gasteiger partial charge in [0.2, 0.25) is 5.91 Å². The number of fused-ring (bicyclic) bond motifs is 1. The molecule has 0 bridgehead atoms. The van der Waals surface area contributed by atoms with E-state index < -0.39 is 53.5 Å². The summed E-state index contributed by atoms with van der Waals surface area (Å²) in [5.74, 6) is -1.71. The fourth-order valence-corrected chi connectivity index (χ4v) is 3.52. The third-order valence-corrected chi connectivity index (χ3v) is 5.34. The van der Waals surface area contributed by atoms with E-state index in [1.54, 1.807) is 30.3 Å². The number of aromatic amines is 1. The van der Waals surface area contributed by atoms with E-state index in [1.807, 2.05) is 0 Å². The number of pyridine rings is 1. The highest BCUT2D eigenvalue weighted by molar-refractivity contribution is 5.78. The monoisotopic (exact) mass is 480 g/mol. The highest BCUT2D eigenvalue weighted by Crippen LogP contribution is 2.25. The number of carbonyl (C=O) groups excluding carboxylic acids is 1. The minimum Gasteiger partial charge on any atom is -0.382 e. The van der Waals surface area contributed by atoms with Crippen molar-refractivity contribution >= 4 is 16.8 Å². The lowest BCUT2D eigenvalue weighted by molar-refractivity contribution is -0.215. The third-order valence-electron chi connectivity index (χ3n) is 5.34. The number of nitrogens with one attached hydrogen (secondary N) is 2. The zero-order valence-electron chi connectivity index (χ0n) is 18.3. The summed E-state index contributed by atoms with van der Waals surface area (Å²) in [5.41, 5.74) is -2.03. The van der Waals surface area contributed by atoms with E-state index >= 15 is 0 Å². The van der Waals surface area contributed by atoms with Crippen molar-refractivity contribution in [3.63, 3.8) is 0 Å². The molecule has 0 saturated heterocycles. The Balaban J connectivity index is 1.90. The van der Waals surface area contributed by atoms with Crippen LogP contribution in [-0.4, -0.2) is 43.5 Å². The molecule has 1 aromatic carbocycles. The Morgan fingerprint density at radius 3 is 2.32 bits per heavy atom. The Kier molecular flexibility index (Phi) is 7.10. The topological polar surface area (TPSA) is 126 Å². The molecule has 0 aliphatic carbocycles. The van der Waals surface area contributed by atoms with Gasteiger partial charge in [-0.1, -0.05) is 44.2 Å². The van der Waals surface area contributed by atoms with Crippen molar-refractivity contribution in [3.05, 3.63) is 79.4 Å². The number of aliphatic hydroxyl groups excluding tert-OH is 1. The maximum atomic E-state index is 12.9. The minimum atomic E-state index is -4.94. The predicted octanol–water partition coefficient (Wildman–Crippen LogP) is 0.964. The summed E-state index contributed by atoms with van der Waals surface area (Å²) in [6.07, 6.45) is -6.59. The zero-order valence-corrected chi connectivity index (χ0v) is 18.3. The van der Waals surface area contributed by atoms with Crippen molar-refractivity contribution in [2.45, 2.75) is 45.3 Å². The summed E-state index contributed by atoms with van der Waals surface area (Å²) >= 11 is 0. The molecule has 0 radical (unpaired) electrons. The van der Waals surface area contributed by atoms with Crippen molar-refractivity contribution < 1.29 is 23.1 Å². The van der Waals surface area contributed by atoms with E-state index in [-0.39, 0.29) is 17.4 Å². The van der Waals surface area contributed by atoms with Crippen molar-refractivity contribution in [1.29, 1.82) is 0 Å². The maximum absolute atomic E-state index is 12.9.